The third-order valence-corrected chi connectivity index (χ3v) is 6.24. The van der Waals surface area contributed by atoms with E-state index in [1.54, 1.807) is 56.5 Å². The number of Topliss-reactive ketones (excluding diaryl/α,β-unsaturated/α-hetero) is 1. The topological polar surface area (TPSA) is 87.1 Å². The number of aliphatic hydroxyl groups excluding tert-OH is 1. The number of hydrogen-bond donors (Lipinski definition) is 2. The Bertz CT molecular complexity index is 1270. The number of methoxy groups -OCH3 is 1. The summed E-state index contributed by atoms with van der Waals surface area (Å²) in [5.74, 6) is -0.993. The fourth-order valence-electron chi connectivity index (χ4n) is 4.19. The van der Waals surface area contributed by atoms with Crippen LogP contribution in [0, 0.1) is 6.92 Å². The van der Waals surface area contributed by atoms with Gasteiger partial charge in [-0.15, -0.1) is 0 Å². The van der Waals surface area contributed by atoms with Crippen molar-refractivity contribution in [3.05, 3.63) is 99.6 Å². The zero-order chi connectivity index (χ0) is 24.4. The Kier molecular flexibility index (Phi) is 6.61. The van der Waals surface area contributed by atoms with Crippen LogP contribution >= 0.6 is 11.6 Å². The van der Waals surface area contributed by atoms with Crippen LogP contribution in [0.4, 0.5) is 0 Å². The molecule has 2 N–H and O–H groups in total. The first-order valence-corrected chi connectivity index (χ1v) is 11.1. The monoisotopic (exact) mass is 477 g/mol. The largest absolute Gasteiger partial charge is 0.508 e. The smallest absolute Gasteiger partial charge is 0.295 e. The zero-order valence-corrected chi connectivity index (χ0v) is 19.5. The van der Waals surface area contributed by atoms with Gasteiger partial charge in [-0.3, -0.25) is 9.59 Å². The summed E-state index contributed by atoms with van der Waals surface area (Å²) in [6.45, 7) is 2.06. The van der Waals surface area contributed by atoms with Gasteiger partial charge in [-0.1, -0.05) is 35.9 Å². The number of benzene rings is 3. The molecule has 0 aliphatic carbocycles. The first kappa shape index (κ1) is 23.4. The van der Waals surface area contributed by atoms with Gasteiger partial charge in [0.25, 0.3) is 11.7 Å². The number of aliphatic hydroxyl groups is 1. The van der Waals surface area contributed by atoms with Crippen molar-refractivity contribution < 1.29 is 24.5 Å². The predicted octanol–water partition coefficient (Wildman–Crippen LogP) is 5.03. The fraction of sp³-hybridized carbons (Fsp3) is 0.185. The maximum absolute atomic E-state index is 13.2. The number of nitrogens with zero attached hydrogens (tertiary/aromatic N) is 1. The number of phenols is 1. The maximum atomic E-state index is 13.2. The standard InChI is InChI=1S/C27H24ClNO5/c1-16-15-21(34-2)11-12-22(16)25(31)23-24(18-5-9-20(30)10-6-18)29(27(33)26(23)32)14-13-17-3-7-19(28)8-4-17/h3-12,15,24,30-31H,13-14H2,1-2H3/b25-23-. The molecule has 174 valence electrons. The van der Waals surface area contributed by atoms with Gasteiger partial charge >= 0.3 is 0 Å². The molecule has 1 aliphatic heterocycles. The van der Waals surface area contributed by atoms with Crippen molar-refractivity contribution in [2.75, 3.05) is 13.7 Å². The Labute approximate surface area is 202 Å². The first-order valence-electron chi connectivity index (χ1n) is 10.8. The second kappa shape index (κ2) is 9.61. The highest BCUT2D eigenvalue weighted by Crippen LogP contribution is 2.40. The van der Waals surface area contributed by atoms with E-state index >= 15 is 0 Å². The third-order valence-electron chi connectivity index (χ3n) is 5.99. The molecule has 0 radical (unpaired) electrons. The van der Waals surface area contributed by atoms with Gasteiger partial charge < -0.3 is 19.8 Å². The van der Waals surface area contributed by atoms with Crippen molar-refractivity contribution in [2.24, 2.45) is 0 Å². The van der Waals surface area contributed by atoms with E-state index in [4.69, 9.17) is 16.3 Å². The molecule has 1 aliphatic rings. The van der Waals surface area contributed by atoms with Gasteiger partial charge in [-0.25, -0.2) is 0 Å². The summed E-state index contributed by atoms with van der Waals surface area (Å²) in [4.78, 5) is 27.7. The highest BCUT2D eigenvalue weighted by Gasteiger charge is 2.46. The lowest BCUT2D eigenvalue weighted by atomic mass is 9.93. The minimum Gasteiger partial charge on any atom is -0.508 e. The Morgan fingerprint density at radius 1 is 1.03 bits per heavy atom. The van der Waals surface area contributed by atoms with E-state index in [2.05, 4.69) is 0 Å². The zero-order valence-electron chi connectivity index (χ0n) is 18.8. The highest BCUT2D eigenvalue weighted by molar-refractivity contribution is 6.46. The van der Waals surface area contributed by atoms with Crippen LogP contribution in [0.3, 0.4) is 0 Å². The number of amides is 1. The molecular weight excluding hydrogens is 454 g/mol. The van der Waals surface area contributed by atoms with Crippen molar-refractivity contribution in [3.63, 3.8) is 0 Å². The molecule has 0 bridgehead atoms. The summed E-state index contributed by atoms with van der Waals surface area (Å²) in [6, 6.07) is 17.9. The molecule has 1 fully saturated rings. The van der Waals surface area contributed by atoms with Gasteiger partial charge in [0.2, 0.25) is 0 Å². The van der Waals surface area contributed by atoms with Crippen LogP contribution in [0.15, 0.2) is 72.3 Å². The number of phenolic OH excluding ortho intramolecular Hbond substituents is 1. The number of carbonyl (C=O) groups excluding carboxylic acids is 2. The lowest BCUT2D eigenvalue weighted by Crippen LogP contribution is -2.31. The van der Waals surface area contributed by atoms with Gasteiger partial charge in [0.1, 0.15) is 17.3 Å². The maximum Gasteiger partial charge on any atom is 0.295 e. The third kappa shape index (κ3) is 4.50. The number of aryl methyl sites for hydroxylation is 1. The van der Waals surface area contributed by atoms with Crippen molar-refractivity contribution in [3.8, 4) is 11.5 Å². The van der Waals surface area contributed by atoms with E-state index in [0.29, 0.717) is 33.9 Å². The fourth-order valence-corrected chi connectivity index (χ4v) is 4.31. The Balaban J connectivity index is 1.78. The lowest BCUT2D eigenvalue weighted by molar-refractivity contribution is -0.139. The minimum atomic E-state index is -0.797. The van der Waals surface area contributed by atoms with Crippen LogP contribution in [0.2, 0.25) is 5.02 Å². The van der Waals surface area contributed by atoms with E-state index in [-0.39, 0.29) is 23.6 Å². The molecule has 1 atom stereocenters. The van der Waals surface area contributed by atoms with Crippen molar-refractivity contribution >= 4 is 29.1 Å². The Hall–Kier alpha value is -3.77. The normalized spacial score (nSPS) is 17.3. The molecule has 0 saturated carbocycles. The quantitative estimate of drug-likeness (QED) is 0.295. The highest BCUT2D eigenvalue weighted by atomic mass is 35.5. The van der Waals surface area contributed by atoms with E-state index in [0.717, 1.165) is 5.56 Å². The number of rotatable bonds is 6. The molecule has 4 rings (SSSR count). The molecule has 3 aromatic rings. The molecule has 1 heterocycles. The average Bonchev–Trinajstić information content (AvgIpc) is 3.08. The second-order valence-electron chi connectivity index (χ2n) is 8.14. The number of halogens is 1. The lowest BCUT2D eigenvalue weighted by Gasteiger charge is -2.25. The molecular formula is C27H24ClNO5. The summed E-state index contributed by atoms with van der Waals surface area (Å²) in [7, 11) is 1.55. The van der Waals surface area contributed by atoms with E-state index in [1.165, 1.54) is 17.0 Å². The van der Waals surface area contributed by atoms with Crippen LogP contribution in [0.1, 0.15) is 28.3 Å². The molecule has 3 aromatic carbocycles. The second-order valence-corrected chi connectivity index (χ2v) is 8.58. The number of ketones is 1. The number of hydrogen-bond acceptors (Lipinski definition) is 5. The van der Waals surface area contributed by atoms with E-state index < -0.39 is 17.7 Å². The van der Waals surface area contributed by atoms with Crippen LogP contribution in [-0.2, 0) is 16.0 Å². The molecule has 1 saturated heterocycles. The van der Waals surface area contributed by atoms with Crippen molar-refractivity contribution in [1.29, 1.82) is 0 Å². The summed E-state index contributed by atoms with van der Waals surface area (Å²) in [6.07, 6.45) is 0.500. The van der Waals surface area contributed by atoms with E-state index in [9.17, 15) is 19.8 Å². The predicted molar refractivity (Wildman–Crippen MR) is 130 cm³/mol. The van der Waals surface area contributed by atoms with Crippen LogP contribution in [-0.4, -0.2) is 40.5 Å². The summed E-state index contributed by atoms with van der Waals surface area (Å²) in [5.41, 5.74) is 2.73. The van der Waals surface area contributed by atoms with Gasteiger partial charge in [0.05, 0.1) is 18.7 Å². The van der Waals surface area contributed by atoms with Crippen molar-refractivity contribution in [2.45, 2.75) is 19.4 Å². The Morgan fingerprint density at radius 2 is 1.71 bits per heavy atom. The van der Waals surface area contributed by atoms with Crippen molar-refractivity contribution in [1.82, 2.24) is 4.90 Å². The minimum absolute atomic E-state index is 0.0139. The molecule has 7 heteroatoms. The SMILES string of the molecule is COc1ccc(/C(O)=C2/C(=O)C(=O)N(CCc3ccc(Cl)cc3)C2c2ccc(O)cc2)c(C)c1. The van der Waals surface area contributed by atoms with Gasteiger partial charge in [0.15, 0.2) is 0 Å². The molecule has 0 aromatic heterocycles. The number of carbonyl (C=O) groups is 2. The molecule has 1 amide bonds. The summed E-state index contributed by atoms with van der Waals surface area (Å²) in [5, 5.41) is 21.6. The molecule has 1 unspecified atom stereocenters. The Morgan fingerprint density at radius 3 is 2.32 bits per heavy atom. The first-order chi connectivity index (χ1) is 16.3. The summed E-state index contributed by atoms with van der Waals surface area (Å²) >= 11 is 5.97. The molecule has 34 heavy (non-hydrogen) atoms. The number of ether oxygens (including phenoxy) is 1. The van der Waals surface area contributed by atoms with Crippen LogP contribution in [0.25, 0.3) is 5.76 Å². The van der Waals surface area contributed by atoms with Gasteiger partial charge in [-0.2, -0.15) is 0 Å². The number of aromatic hydroxyl groups is 1. The summed E-state index contributed by atoms with van der Waals surface area (Å²) < 4.78 is 5.23. The molecule has 6 nitrogen and oxygen atoms in total. The van der Waals surface area contributed by atoms with Gasteiger partial charge in [0, 0.05) is 17.1 Å². The van der Waals surface area contributed by atoms with Gasteiger partial charge in [-0.05, 0) is 72.5 Å². The average molecular weight is 478 g/mol. The number of likely N-dealkylation sites (tertiary alicyclic amines) is 1. The van der Waals surface area contributed by atoms with Crippen LogP contribution in [0.5, 0.6) is 11.5 Å². The van der Waals surface area contributed by atoms with E-state index in [1.807, 2.05) is 12.1 Å². The van der Waals surface area contributed by atoms with Crippen LogP contribution < -0.4 is 4.74 Å². The molecule has 0 spiro atoms.